The van der Waals surface area contributed by atoms with Gasteiger partial charge >= 0.3 is 12.1 Å². The summed E-state index contributed by atoms with van der Waals surface area (Å²) in [4.78, 5) is 26.1. The standard InChI is InChI=1S/C21H27NO4/c1-21(2,3)26-20(24)22-17-8-9-18(22)13-15(12-17)10-14-6-5-7-16(11-14)19(23)25-4/h5-7,11-12,17-18H,8-10,13H2,1-4H3/t17-,18+/m0/s1. The number of rotatable bonds is 3. The molecule has 0 aromatic heterocycles. The van der Waals surface area contributed by atoms with Gasteiger partial charge in [0.05, 0.1) is 18.7 Å². The van der Waals surface area contributed by atoms with E-state index < -0.39 is 5.60 Å². The first kappa shape index (κ1) is 18.5. The van der Waals surface area contributed by atoms with E-state index in [2.05, 4.69) is 6.08 Å². The molecule has 26 heavy (non-hydrogen) atoms. The lowest BCUT2D eigenvalue weighted by molar-refractivity contribution is 0.0166. The average molecular weight is 357 g/mol. The smallest absolute Gasteiger partial charge is 0.411 e. The quantitative estimate of drug-likeness (QED) is 0.603. The van der Waals surface area contributed by atoms with Crippen LogP contribution in [0.5, 0.6) is 0 Å². The number of esters is 1. The van der Waals surface area contributed by atoms with Crippen molar-refractivity contribution in [3.63, 3.8) is 0 Å². The lowest BCUT2D eigenvalue weighted by atomic mass is 9.94. The van der Waals surface area contributed by atoms with Crippen molar-refractivity contribution in [2.75, 3.05) is 7.11 Å². The summed E-state index contributed by atoms with van der Waals surface area (Å²) >= 11 is 0. The fraction of sp³-hybridized carbons (Fsp3) is 0.524. The molecule has 0 saturated carbocycles. The van der Waals surface area contributed by atoms with Gasteiger partial charge in [-0.3, -0.25) is 4.90 Å². The molecule has 0 spiro atoms. The van der Waals surface area contributed by atoms with Gasteiger partial charge in [-0.15, -0.1) is 0 Å². The molecule has 2 aliphatic rings. The second-order valence-electron chi connectivity index (χ2n) is 8.08. The van der Waals surface area contributed by atoms with Crippen LogP contribution < -0.4 is 0 Å². The number of carbonyl (C=O) groups is 2. The van der Waals surface area contributed by atoms with Gasteiger partial charge in [-0.05, 0) is 64.2 Å². The fourth-order valence-electron chi connectivity index (χ4n) is 3.84. The van der Waals surface area contributed by atoms with Gasteiger partial charge in [0.1, 0.15) is 5.60 Å². The van der Waals surface area contributed by atoms with Crippen LogP contribution >= 0.6 is 0 Å². The number of ether oxygens (including phenoxy) is 2. The average Bonchev–Trinajstić information content (AvgIpc) is 2.84. The van der Waals surface area contributed by atoms with E-state index in [0.29, 0.717) is 5.56 Å². The second-order valence-corrected chi connectivity index (χ2v) is 8.08. The maximum absolute atomic E-state index is 12.5. The van der Waals surface area contributed by atoms with Crippen molar-refractivity contribution < 1.29 is 19.1 Å². The Balaban J connectivity index is 1.72. The number of nitrogens with zero attached hydrogens (tertiary/aromatic N) is 1. The summed E-state index contributed by atoms with van der Waals surface area (Å²) in [5.41, 5.74) is 2.50. The van der Waals surface area contributed by atoms with Crippen LogP contribution in [0.4, 0.5) is 4.79 Å². The predicted molar refractivity (Wildman–Crippen MR) is 99.1 cm³/mol. The molecule has 5 nitrogen and oxygen atoms in total. The van der Waals surface area contributed by atoms with Crippen molar-refractivity contribution in [2.45, 2.75) is 64.1 Å². The molecule has 5 heteroatoms. The molecule has 0 unspecified atom stereocenters. The normalized spacial score (nSPS) is 22.0. The molecule has 140 valence electrons. The first-order valence-corrected chi connectivity index (χ1v) is 9.15. The first-order valence-electron chi connectivity index (χ1n) is 9.15. The van der Waals surface area contributed by atoms with E-state index in [4.69, 9.17) is 9.47 Å². The highest BCUT2D eigenvalue weighted by molar-refractivity contribution is 5.89. The van der Waals surface area contributed by atoms with Gasteiger partial charge in [0.15, 0.2) is 0 Å². The Hall–Kier alpha value is -2.30. The van der Waals surface area contributed by atoms with E-state index in [-0.39, 0.29) is 24.1 Å². The van der Waals surface area contributed by atoms with Crippen LogP contribution in [0.1, 0.15) is 56.0 Å². The van der Waals surface area contributed by atoms with E-state index in [1.165, 1.54) is 12.7 Å². The number of hydrogen-bond acceptors (Lipinski definition) is 4. The van der Waals surface area contributed by atoms with Gasteiger partial charge in [-0.1, -0.05) is 23.8 Å². The molecule has 1 fully saturated rings. The van der Waals surface area contributed by atoms with Gasteiger partial charge in [-0.2, -0.15) is 0 Å². The summed E-state index contributed by atoms with van der Waals surface area (Å²) in [7, 11) is 1.39. The minimum Gasteiger partial charge on any atom is -0.465 e. The van der Waals surface area contributed by atoms with Crippen molar-refractivity contribution in [1.29, 1.82) is 0 Å². The van der Waals surface area contributed by atoms with Crippen LogP contribution in [0, 0.1) is 0 Å². The third-order valence-corrected chi connectivity index (χ3v) is 4.86. The molecule has 1 aromatic carbocycles. The third kappa shape index (κ3) is 4.09. The van der Waals surface area contributed by atoms with Crippen LogP contribution in [0.25, 0.3) is 0 Å². The van der Waals surface area contributed by atoms with Crippen LogP contribution in [0.2, 0.25) is 0 Å². The third-order valence-electron chi connectivity index (χ3n) is 4.86. The van der Waals surface area contributed by atoms with Crippen molar-refractivity contribution in [3.05, 3.63) is 47.0 Å². The molecular formula is C21H27NO4. The number of hydrogen-bond donors (Lipinski definition) is 0. The summed E-state index contributed by atoms with van der Waals surface area (Å²) in [6.07, 6.45) is 5.63. The minimum atomic E-state index is -0.477. The lowest BCUT2D eigenvalue weighted by Gasteiger charge is -2.35. The Morgan fingerprint density at radius 1 is 1.23 bits per heavy atom. The Kier molecular flexibility index (Phi) is 5.08. The molecule has 1 aromatic rings. The van der Waals surface area contributed by atoms with Crippen LogP contribution in [0.3, 0.4) is 0 Å². The maximum atomic E-state index is 12.5. The maximum Gasteiger partial charge on any atom is 0.411 e. The van der Waals surface area contributed by atoms with E-state index in [0.717, 1.165) is 31.2 Å². The van der Waals surface area contributed by atoms with Gasteiger partial charge in [0.25, 0.3) is 0 Å². The molecule has 2 atom stereocenters. The molecule has 2 bridgehead atoms. The first-order chi connectivity index (χ1) is 12.3. The van der Waals surface area contributed by atoms with Gasteiger partial charge in [0.2, 0.25) is 0 Å². The number of fused-ring (bicyclic) bond motifs is 2. The second kappa shape index (κ2) is 7.14. The molecule has 3 rings (SSSR count). The fourth-order valence-corrected chi connectivity index (χ4v) is 3.84. The van der Waals surface area contributed by atoms with E-state index >= 15 is 0 Å². The topological polar surface area (TPSA) is 55.8 Å². The number of methoxy groups -OCH3 is 1. The Labute approximate surface area is 155 Å². The van der Waals surface area contributed by atoms with Crippen LogP contribution in [-0.4, -0.2) is 41.8 Å². The number of benzene rings is 1. The molecule has 0 radical (unpaired) electrons. The zero-order chi connectivity index (χ0) is 18.9. The zero-order valence-electron chi connectivity index (χ0n) is 16.0. The zero-order valence-corrected chi connectivity index (χ0v) is 16.0. The Bertz CT molecular complexity index is 732. The van der Waals surface area contributed by atoms with Crippen molar-refractivity contribution in [1.82, 2.24) is 4.90 Å². The monoisotopic (exact) mass is 357 g/mol. The molecule has 0 N–H and O–H groups in total. The summed E-state index contributed by atoms with van der Waals surface area (Å²) in [5, 5.41) is 0. The molecular weight excluding hydrogens is 330 g/mol. The lowest BCUT2D eigenvalue weighted by Crippen LogP contribution is -2.45. The van der Waals surface area contributed by atoms with E-state index in [1.807, 2.05) is 43.9 Å². The molecule has 2 aliphatic heterocycles. The Morgan fingerprint density at radius 2 is 2.00 bits per heavy atom. The SMILES string of the molecule is COC(=O)c1cccc(CC2=C[C@@H]3CC[C@H](C2)N3C(=O)OC(C)(C)C)c1. The minimum absolute atomic E-state index is 0.113. The molecule has 0 aliphatic carbocycles. The number of amides is 1. The summed E-state index contributed by atoms with van der Waals surface area (Å²) < 4.78 is 10.4. The van der Waals surface area contributed by atoms with Crippen LogP contribution in [-0.2, 0) is 15.9 Å². The summed E-state index contributed by atoms with van der Waals surface area (Å²) in [5.74, 6) is -0.319. The highest BCUT2D eigenvalue weighted by Gasteiger charge is 2.41. The van der Waals surface area contributed by atoms with Crippen molar-refractivity contribution >= 4 is 12.1 Å². The largest absolute Gasteiger partial charge is 0.465 e. The molecule has 1 amide bonds. The van der Waals surface area contributed by atoms with E-state index in [1.54, 1.807) is 6.07 Å². The summed E-state index contributed by atoms with van der Waals surface area (Å²) in [6.45, 7) is 5.69. The summed E-state index contributed by atoms with van der Waals surface area (Å²) in [6, 6.07) is 7.87. The number of carbonyl (C=O) groups excluding carboxylic acids is 2. The predicted octanol–water partition coefficient (Wildman–Crippen LogP) is 4.11. The van der Waals surface area contributed by atoms with E-state index in [9.17, 15) is 9.59 Å². The highest BCUT2D eigenvalue weighted by atomic mass is 16.6. The van der Waals surface area contributed by atoms with Gasteiger partial charge in [-0.25, -0.2) is 9.59 Å². The molecule has 2 heterocycles. The van der Waals surface area contributed by atoms with Gasteiger partial charge in [0, 0.05) is 6.04 Å². The molecule has 1 saturated heterocycles. The van der Waals surface area contributed by atoms with Crippen molar-refractivity contribution in [3.8, 4) is 0 Å². The van der Waals surface area contributed by atoms with Crippen LogP contribution in [0.15, 0.2) is 35.9 Å². The van der Waals surface area contributed by atoms with Gasteiger partial charge < -0.3 is 9.47 Å². The Morgan fingerprint density at radius 3 is 2.65 bits per heavy atom. The van der Waals surface area contributed by atoms with Crippen molar-refractivity contribution in [2.24, 2.45) is 0 Å². The highest BCUT2D eigenvalue weighted by Crippen LogP contribution is 2.37.